The van der Waals surface area contributed by atoms with Gasteiger partial charge in [-0.25, -0.2) is 0 Å². The van der Waals surface area contributed by atoms with Crippen molar-refractivity contribution in [1.82, 2.24) is 4.90 Å². The third kappa shape index (κ3) is 10.3. The van der Waals surface area contributed by atoms with Crippen molar-refractivity contribution in [3.05, 3.63) is 0 Å². The standard InChI is InChI=1S/C13H27NO3/c1-4-7-10-16-11-9-14(8-5-2)12-13(15)17-6-3/h4-12H2,1-3H3. The van der Waals surface area contributed by atoms with Crippen LogP contribution in [0.3, 0.4) is 0 Å². The zero-order valence-electron chi connectivity index (χ0n) is 11.5. The molecule has 0 spiro atoms. The highest BCUT2D eigenvalue weighted by atomic mass is 16.5. The topological polar surface area (TPSA) is 38.8 Å². The minimum Gasteiger partial charge on any atom is -0.465 e. The van der Waals surface area contributed by atoms with Crippen LogP contribution in [0.5, 0.6) is 0 Å². The largest absolute Gasteiger partial charge is 0.465 e. The van der Waals surface area contributed by atoms with Gasteiger partial charge in [0, 0.05) is 13.2 Å². The highest BCUT2D eigenvalue weighted by molar-refractivity contribution is 5.71. The minimum absolute atomic E-state index is 0.144. The van der Waals surface area contributed by atoms with Crippen LogP contribution in [0.15, 0.2) is 0 Å². The zero-order chi connectivity index (χ0) is 12.9. The van der Waals surface area contributed by atoms with Crippen LogP contribution in [0.1, 0.15) is 40.0 Å². The van der Waals surface area contributed by atoms with E-state index < -0.39 is 0 Å². The Balaban J connectivity index is 3.69. The number of rotatable bonds is 11. The summed E-state index contributed by atoms with van der Waals surface area (Å²) in [6.45, 7) is 10.1. The Bertz CT molecular complexity index is 186. The molecule has 0 radical (unpaired) electrons. The quantitative estimate of drug-likeness (QED) is 0.413. The molecule has 4 heteroatoms. The Kier molecular flexibility index (Phi) is 11.4. The van der Waals surface area contributed by atoms with Crippen LogP contribution in [0.4, 0.5) is 0 Å². The summed E-state index contributed by atoms with van der Waals surface area (Å²) < 4.78 is 10.4. The molecule has 17 heavy (non-hydrogen) atoms. The van der Waals surface area contributed by atoms with Crippen molar-refractivity contribution in [2.45, 2.75) is 40.0 Å². The molecule has 0 N–H and O–H groups in total. The summed E-state index contributed by atoms with van der Waals surface area (Å²) in [5.41, 5.74) is 0. The lowest BCUT2D eigenvalue weighted by atomic mass is 10.3. The van der Waals surface area contributed by atoms with Crippen LogP contribution in [0.2, 0.25) is 0 Å². The molecule has 0 amide bonds. The molecule has 0 atom stereocenters. The highest BCUT2D eigenvalue weighted by Crippen LogP contribution is 1.95. The molecule has 0 heterocycles. The average Bonchev–Trinajstić information content (AvgIpc) is 2.29. The van der Waals surface area contributed by atoms with Crippen molar-refractivity contribution >= 4 is 5.97 Å². The van der Waals surface area contributed by atoms with Crippen LogP contribution in [-0.2, 0) is 14.3 Å². The summed E-state index contributed by atoms with van der Waals surface area (Å²) in [6.07, 6.45) is 3.29. The smallest absolute Gasteiger partial charge is 0.320 e. The fraction of sp³-hybridized carbons (Fsp3) is 0.923. The molecule has 0 aliphatic carbocycles. The Morgan fingerprint density at radius 2 is 1.82 bits per heavy atom. The van der Waals surface area contributed by atoms with E-state index in [0.29, 0.717) is 19.8 Å². The fourth-order valence-corrected chi connectivity index (χ4v) is 1.52. The van der Waals surface area contributed by atoms with E-state index in [4.69, 9.17) is 9.47 Å². The third-order valence-electron chi connectivity index (χ3n) is 2.39. The SMILES string of the molecule is CCCCOCCN(CCC)CC(=O)OCC. The lowest BCUT2D eigenvalue weighted by molar-refractivity contribution is -0.144. The first kappa shape index (κ1) is 16.4. The summed E-state index contributed by atoms with van der Waals surface area (Å²) in [5, 5.41) is 0. The van der Waals surface area contributed by atoms with Gasteiger partial charge in [-0.1, -0.05) is 20.3 Å². The van der Waals surface area contributed by atoms with E-state index >= 15 is 0 Å². The van der Waals surface area contributed by atoms with Crippen molar-refractivity contribution < 1.29 is 14.3 Å². The summed E-state index contributed by atoms with van der Waals surface area (Å²) in [7, 11) is 0. The molecule has 0 unspecified atom stereocenters. The maximum absolute atomic E-state index is 11.4. The van der Waals surface area contributed by atoms with Crippen LogP contribution >= 0.6 is 0 Å². The Morgan fingerprint density at radius 1 is 1.06 bits per heavy atom. The molecule has 0 rings (SSSR count). The molecule has 0 bridgehead atoms. The third-order valence-corrected chi connectivity index (χ3v) is 2.39. The molecule has 0 saturated carbocycles. The number of hydrogen-bond acceptors (Lipinski definition) is 4. The molecule has 4 nitrogen and oxygen atoms in total. The second-order valence-corrected chi connectivity index (χ2v) is 4.05. The van der Waals surface area contributed by atoms with Crippen molar-refractivity contribution in [3.63, 3.8) is 0 Å². The molecular formula is C13H27NO3. The summed E-state index contributed by atoms with van der Waals surface area (Å²) >= 11 is 0. The van der Waals surface area contributed by atoms with Gasteiger partial charge in [-0.2, -0.15) is 0 Å². The first-order chi connectivity index (χ1) is 8.24. The first-order valence-corrected chi connectivity index (χ1v) is 6.70. The zero-order valence-corrected chi connectivity index (χ0v) is 11.5. The lowest BCUT2D eigenvalue weighted by Gasteiger charge is -2.20. The van der Waals surface area contributed by atoms with E-state index in [2.05, 4.69) is 18.7 Å². The van der Waals surface area contributed by atoms with Gasteiger partial charge in [-0.15, -0.1) is 0 Å². The van der Waals surface area contributed by atoms with E-state index in [1.165, 1.54) is 0 Å². The van der Waals surface area contributed by atoms with Gasteiger partial charge in [-0.05, 0) is 26.3 Å². The van der Waals surface area contributed by atoms with Gasteiger partial charge < -0.3 is 9.47 Å². The molecular weight excluding hydrogens is 218 g/mol. The van der Waals surface area contributed by atoms with Crippen LogP contribution in [-0.4, -0.2) is 50.3 Å². The molecule has 0 fully saturated rings. The number of unbranched alkanes of at least 4 members (excludes halogenated alkanes) is 1. The van der Waals surface area contributed by atoms with Crippen molar-refractivity contribution in [3.8, 4) is 0 Å². The first-order valence-electron chi connectivity index (χ1n) is 6.70. The lowest BCUT2D eigenvalue weighted by Crippen LogP contribution is -2.34. The number of carbonyl (C=O) groups excluding carboxylic acids is 1. The Labute approximate surface area is 105 Å². The van der Waals surface area contributed by atoms with Gasteiger partial charge in [0.25, 0.3) is 0 Å². The summed E-state index contributed by atoms with van der Waals surface area (Å²) in [4.78, 5) is 13.4. The second-order valence-electron chi connectivity index (χ2n) is 4.05. The molecule has 0 aromatic heterocycles. The summed E-state index contributed by atoms with van der Waals surface area (Å²) in [6, 6.07) is 0. The molecule has 0 aromatic carbocycles. The predicted octanol–water partition coefficient (Wildman–Crippen LogP) is 2.08. The van der Waals surface area contributed by atoms with E-state index in [9.17, 15) is 4.79 Å². The van der Waals surface area contributed by atoms with Crippen LogP contribution < -0.4 is 0 Å². The van der Waals surface area contributed by atoms with Gasteiger partial charge in [0.2, 0.25) is 0 Å². The normalized spacial score (nSPS) is 10.8. The van der Waals surface area contributed by atoms with E-state index in [1.807, 2.05) is 6.92 Å². The van der Waals surface area contributed by atoms with E-state index in [1.54, 1.807) is 0 Å². The number of carbonyl (C=O) groups is 1. The highest BCUT2D eigenvalue weighted by Gasteiger charge is 2.10. The van der Waals surface area contributed by atoms with Gasteiger partial charge >= 0.3 is 5.97 Å². The fourth-order valence-electron chi connectivity index (χ4n) is 1.52. The van der Waals surface area contributed by atoms with Gasteiger partial charge in [0.15, 0.2) is 0 Å². The van der Waals surface area contributed by atoms with E-state index in [-0.39, 0.29) is 5.97 Å². The van der Waals surface area contributed by atoms with Crippen LogP contribution in [0, 0.1) is 0 Å². The Morgan fingerprint density at radius 3 is 2.41 bits per heavy atom. The molecule has 0 aliphatic rings. The van der Waals surface area contributed by atoms with Gasteiger partial charge in [0.05, 0.1) is 19.8 Å². The maximum atomic E-state index is 11.4. The average molecular weight is 245 g/mol. The predicted molar refractivity (Wildman–Crippen MR) is 69.1 cm³/mol. The van der Waals surface area contributed by atoms with Crippen molar-refractivity contribution in [1.29, 1.82) is 0 Å². The van der Waals surface area contributed by atoms with Gasteiger partial charge in [-0.3, -0.25) is 9.69 Å². The number of ether oxygens (including phenoxy) is 2. The molecule has 0 saturated heterocycles. The number of hydrogen-bond donors (Lipinski definition) is 0. The second kappa shape index (κ2) is 11.9. The molecule has 0 aromatic rings. The van der Waals surface area contributed by atoms with Crippen molar-refractivity contribution in [2.24, 2.45) is 0 Å². The van der Waals surface area contributed by atoms with Crippen molar-refractivity contribution in [2.75, 3.05) is 39.5 Å². The molecule has 0 aliphatic heterocycles. The number of nitrogens with zero attached hydrogens (tertiary/aromatic N) is 1. The maximum Gasteiger partial charge on any atom is 0.320 e. The van der Waals surface area contributed by atoms with Crippen LogP contribution in [0.25, 0.3) is 0 Å². The minimum atomic E-state index is -0.144. The molecule has 102 valence electrons. The van der Waals surface area contributed by atoms with Gasteiger partial charge in [0.1, 0.15) is 0 Å². The Hall–Kier alpha value is -0.610. The van der Waals surface area contributed by atoms with E-state index in [0.717, 1.165) is 39.0 Å². The monoisotopic (exact) mass is 245 g/mol. The summed E-state index contributed by atoms with van der Waals surface area (Å²) in [5.74, 6) is -0.144. The number of esters is 1.